The summed E-state index contributed by atoms with van der Waals surface area (Å²) in [6.45, 7) is 27.7. The van der Waals surface area contributed by atoms with Gasteiger partial charge in [0.25, 0.3) is 0 Å². The minimum atomic E-state index is 0. The molecule has 4 aromatic carbocycles. The molecule has 0 aliphatic carbocycles. The van der Waals surface area contributed by atoms with E-state index in [2.05, 4.69) is 176 Å². The molecular weight excluding hydrogens is 1720 g/mol. The third kappa shape index (κ3) is 51.9. The van der Waals surface area contributed by atoms with E-state index in [-0.39, 0.29) is 20.4 Å². The fraction of sp³-hybridized carbons (Fsp3) is 0.721. The van der Waals surface area contributed by atoms with Gasteiger partial charge in [-0.3, -0.25) is 0 Å². The molecule has 0 radical (unpaired) electrons. The fourth-order valence-electron chi connectivity index (χ4n) is 19.9. The van der Waals surface area contributed by atoms with Crippen LogP contribution in [-0.2, 0) is 94.6 Å². The third-order valence-corrected chi connectivity index (χ3v) is 27.9. The van der Waals surface area contributed by atoms with Crippen LogP contribution in [0.5, 0.6) is 0 Å². The first kappa shape index (κ1) is 120. The van der Waals surface area contributed by atoms with Gasteiger partial charge in [-0.05, 0) is 241 Å². The topological polar surface area (TPSA) is 69.1 Å². The third-order valence-electron chi connectivity index (χ3n) is 27.5. The number of benzene rings is 4. The molecule has 0 atom stereocenters. The smallest absolute Gasteiger partial charge is 0 e. The molecule has 130 heavy (non-hydrogen) atoms. The summed E-state index contributed by atoms with van der Waals surface area (Å²) in [5, 5.41) is 0. The van der Waals surface area contributed by atoms with Crippen molar-refractivity contribution in [1.82, 2.24) is 0 Å². The van der Waals surface area contributed by atoms with Crippen molar-refractivity contribution in [2.24, 2.45) is 0 Å². The van der Waals surface area contributed by atoms with Gasteiger partial charge in [0.15, 0.2) is 0 Å². The average molecular weight is 1920 g/mol. The molecule has 4 aromatic rings. The fourth-order valence-corrected chi connectivity index (χ4v) is 20.1. The van der Waals surface area contributed by atoms with Gasteiger partial charge in [0.2, 0.25) is 22.8 Å². The molecule has 0 N–H and O–H groups in total. The maximum Gasteiger partial charge on any atom is 0 e. The number of unbranched alkanes of at least 4 members (excludes halogenated alkanes) is 52. The minimum absolute atomic E-state index is 0. The van der Waals surface area contributed by atoms with E-state index in [0.29, 0.717) is 0 Å². The quantitative estimate of drug-likeness (QED) is 0.0251. The molecule has 6 rings (SSSR count). The van der Waals surface area contributed by atoms with Crippen LogP contribution < -0.4 is 0 Å². The van der Waals surface area contributed by atoms with E-state index in [4.69, 9.17) is 0 Å². The van der Waals surface area contributed by atoms with Crippen molar-refractivity contribution in [3.05, 3.63) is 185 Å². The second-order valence-electron chi connectivity index (χ2n) is 39.4. The summed E-state index contributed by atoms with van der Waals surface area (Å²) in [7, 11) is 3.12. The van der Waals surface area contributed by atoms with Gasteiger partial charge in [-0.25, -0.2) is 9.39 Å². The molecule has 0 unspecified atom stereocenters. The Balaban J connectivity index is 0.000000728. The first-order valence-electron chi connectivity index (χ1n) is 56.2. The molecule has 0 saturated heterocycles. The van der Waals surface area contributed by atoms with Crippen LogP contribution in [-0.4, -0.2) is 23.6 Å². The van der Waals surface area contributed by atoms with Crippen molar-refractivity contribution in [3.63, 3.8) is 0 Å². The average Bonchev–Trinajstić information content (AvgIpc) is 1.61. The van der Waals surface area contributed by atoms with Gasteiger partial charge in [0.05, 0.1) is 5.57 Å². The summed E-state index contributed by atoms with van der Waals surface area (Å²) < 4.78 is 12.2. The molecule has 0 aromatic heterocycles. The largest absolute Gasteiger partial charge is 0 e. The van der Waals surface area contributed by atoms with Crippen LogP contribution in [0, 0.1) is 0 Å². The van der Waals surface area contributed by atoms with Crippen LogP contribution in [0.15, 0.2) is 107 Å². The number of rotatable bonds is 81. The Morgan fingerprint density at radius 3 is 0.662 bits per heavy atom. The molecule has 0 saturated carbocycles. The van der Waals surface area contributed by atoms with Gasteiger partial charge in [-0.1, -0.05) is 447 Å². The number of hydrogen-bond donors (Lipinski definition) is 0. The van der Waals surface area contributed by atoms with Crippen LogP contribution in [0.3, 0.4) is 0 Å². The number of hydrogen-bond acceptors (Lipinski definition) is 2. The summed E-state index contributed by atoms with van der Waals surface area (Å²) >= 11 is 0.819. The number of nitrogens with zero attached hydrogens (tertiary/aromatic N) is 4. The predicted molar refractivity (Wildman–Crippen MR) is 566 cm³/mol. The first-order valence-corrected chi connectivity index (χ1v) is 57.0. The van der Waals surface area contributed by atoms with E-state index < -0.39 is 0 Å². The van der Waals surface area contributed by atoms with Crippen molar-refractivity contribution >= 4 is 22.8 Å². The Bertz CT molecular complexity index is 3550. The second-order valence-corrected chi connectivity index (χ2v) is 40.4. The van der Waals surface area contributed by atoms with Crippen LogP contribution >= 0.6 is 0 Å². The van der Waals surface area contributed by atoms with Crippen molar-refractivity contribution in [3.8, 4) is 0 Å². The van der Waals surface area contributed by atoms with E-state index >= 15 is 0 Å². The Labute approximate surface area is 826 Å². The van der Waals surface area contributed by atoms with E-state index in [9.17, 15) is 11.1 Å². The molecule has 0 amide bonds. The van der Waals surface area contributed by atoms with Gasteiger partial charge in [0, 0.05) is 59.4 Å². The SMILES string of the molecule is CCCCCCCCCCCCCCCCCCCCC=CC1=C(c2cc(CCCCCCCC)cc(CCCCCCCC)c2)[N+](=[N-])C(c2cc(CCCCCCCC)cc(CCCCCCCC)c2)=C1CCCCCCCC.CCCCCc1cc(CCCCC)cc(C2=C(CC)C(CCCC)=C(c3cc(CCCCC)cc(CCCCC)c3)[N+]2=[N-])c1.C[O][Ni][O]C.[Pd]. The van der Waals surface area contributed by atoms with E-state index in [0.717, 1.165) is 128 Å². The standard InChI is InChI=1S/C78H134N2.C42H64N2.2CH3O.Ni.Pd/c1-7-13-19-25-31-32-33-34-35-36-37-38-39-40-41-42-43-44-50-56-62-76-75(61-55-49-30-24-18-12-6)77(73-65-69(57-51-45-26-20-14-8-2)63-70(66-73)58-52-46-27-21-15-9-3)80(79)78(76)74-67-71(59-53-47-28-22-16-10-4)64-72(68-74)60-54-48-29-23-17-11-5;1-7-13-18-22-33-27-34(23-19-14-8-2)30-37(29-33)41-39(12-6)40(26-17-11-5)42(44(41)43)38-31-35(24-20-15-9-3)28-36(32-38)25-21-16-10-4;2*1-2;;/h56,62-68H,7-55,57-61H2,1-6H3;27-32H,7-26H2,1-6H3;2*1H3;;/q;;2*-1;+2;. The Morgan fingerprint density at radius 2 is 0.415 bits per heavy atom. The summed E-state index contributed by atoms with van der Waals surface area (Å²) in [5.74, 6) is 0. The first-order chi connectivity index (χ1) is 63.4. The zero-order valence-corrected chi connectivity index (χ0v) is 90.2. The van der Waals surface area contributed by atoms with Gasteiger partial charge < -0.3 is 11.1 Å². The van der Waals surface area contributed by atoms with Gasteiger partial charge in [-0.2, -0.15) is 0 Å². The molecule has 8 heteroatoms. The van der Waals surface area contributed by atoms with E-state index in [1.807, 2.05) is 0 Å². The van der Waals surface area contributed by atoms with Crippen molar-refractivity contribution in [2.75, 3.05) is 14.2 Å². The zero-order chi connectivity index (χ0) is 93.0. The van der Waals surface area contributed by atoms with Crippen LogP contribution in [0.2, 0.25) is 0 Å². The van der Waals surface area contributed by atoms with Gasteiger partial charge in [-0.15, -0.1) is 0 Å². The Morgan fingerprint density at radius 1 is 0.223 bits per heavy atom. The van der Waals surface area contributed by atoms with Gasteiger partial charge >= 0.3 is 37.1 Å². The molecule has 0 spiro atoms. The van der Waals surface area contributed by atoms with E-state index in [1.54, 1.807) is 23.6 Å². The molecule has 2 aliphatic rings. The monoisotopic (exact) mass is 1920 g/mol. The van der Waals surface area contributed by atoms with Crippen LogP contribution in [0.25, 0.3) is 33.9 Å². The van der Waals surface area contributed by atoms with Crippen molar-refractivity contribution in [1.29, 1.82) is 0 Å². The summed E-state index contributed by atoms with van der Waals surface area (Å²) in [4.78, 5) is 0. The number of aryl methyl sites for hydroxylation is 8. The van der Waals surface area contributed by atoms with Crippen LogP contribution in [0.1, 0.15) is 574 Å². The zero-order valence-electron chi connectivity index (χ0n) is 87.6. The summed E-state index contributed by atoms with van der Waals surface area (Å²) in [5.41, 5.74) is 51.6. The summed E-state index contributed by atoms with van der Waals surface area (Å²) in [6, 6.07) is 29.6. The molecule has 6 nitrogen and oxygen atoms in total. The maximum atomic E-state index is 13.3. The molecule has 2 aliphatic heterocycles. The van der Waals surface area contributed by atoms with Crippen LogP contribution in [0.4, 0.5) is 0 Å². The maximum absolute atomic E-state index is 13.3. The van der Waals surface area contributed by atoms with Gasteiger partial charge in [0.1, 0.15) is 0 Å². The molecule has 0 bridgehead atoms. The Hall–Kier alpha value is -4.14. The molecule has 744 valence electrons. The molecule has 0 fully saturated rings. The second kappa shape index (κ2) is 82.0. The molecular formula is C122H204N4NiO2Pd. The molecule has 2 heterocycles. The minimum Gasteiger partial charge on any atom is 0 e. The van der Waals surface area contributed by atoms with Crippen molar-refractivity contribution in [2.45, 2.75) is 558 Å². The van der Waals surface area contributed by atoms with E-state index in [1.165, 1.54) is 474 Å². The normalized spacial score (nSPS) is 12.9. The summed E-state index contributed by atoms with van der Waals surface area (Å²) in [6.07, 6.45) is 100. The Kier molecular flexibility index (Phi) is 75.7. The number of allylic oxidation sites excluding steroid dienone is 6. The predicted octanol–water partition coefficient (Wildman–Crippen LogP) is 40.8. The van der Waals surface area contributed by atoms with Crippen molar-refractivity contribution < 1.29 is 52.7 Å².